The highest BCUT2D eigenvalue weighted by molar-refractivity contribution is 9.10. The van der Waals surface area contributed by atoms with Gasteiger partial charge in [-0.25, -0.2) is 4.68 Å². The summed E-state index contributed by atoms with van der Waals surface area (Å²) in [5.74, 6) is 0. The Kier molecular flexibility index (Phi) is 6.31. The standard InChI is InChI=1S/C11H18BrN3O3/c1-2-8(3-5-16)14-9-7-13-15(4-6-17)11(18)10(9)12/h7-8,14,16-17H,2-6H2,1H3. The van der Waals surface area contributed by atoms with Gasteiger partial charge in [0.2, 0.25) is 0 Å². The highest BCUT2D eigenvalue weighted by Gasteiger charge is 2.12. The monoisotopic (exact) mass is 319 g/mol. The number of nitrogens with zero attached hydrogens (tertiary/aromatic N) is 2. The molecule has 1 heterocycles. The molecule has 0 amide bonds. The molecule has 0 aliphatic carbocycles. The summed E-state index contributed by atoms with van der Waals surface area (Å²) in [6.45, 7) is 2.14. The molecule has 6 nitrogen and oxygen atoms in total. The molecular weight excluding hydrogens is 302 g/mol. The topological polar surface area (TPSA) is 87.4 Å². The van der Waals surface area contributed by atoms with Crippen molar-refractivity contribution in [3.63, 3.8) is 0 Å². The normalized spacial score (nSPS) is 12.4. The van der Waals surface area contributed by atoms with Crippen LogP contribution >= 0.6 is 15.9 Å². The molecule has 1 aromatic rings. The largest absolute Gasteiger partial charge is 0.396 e. The van der Waals surface area contributed by atoms with E-state index in [4.69, 9.17) is 10.2 Å². The Morgan fingerprint density at radius 2 is 2.22 bits per heavy atom. The minimum atomic E-state index is -0.284. The van der Waals surface area contributed by atoms with Crippen molar-refractivity contribution in [2.24, 2.45) is 0 Å². The third-order valence-corrected chi connectivity index (χ3v) is 3.39. The van der Waals surface area contributed by atoms with Gasteiger partial charge in [-0.05, 0) is 28.8 Å². The van der Waals surface area contributed by atoms with Crippen molar-refractivity contribution in [1.29, 1.82) is 0 Å². The number of hydrogen-bond acceptors (Lipinski definition) is 5. The van der Waals surface area contributed by atoms with Gasteiger partial charge >= 0.3 is 0 Å². The number of halogens is 1. The number of hydrogen-bond donors (Lipinski definition) is 3. The predicted octanol–water partition coefficient (Wildman–Crippen LogP) is 0.571. The Hall–Kier alpha value is -0.920. The lowest BCUT2D eigenvalue weighted by Crippen LogP contribution is -2.28. The molecule has 18 heavy (non-hydrogen) atoms. The molecular formula is C11H18BrN3O3. The number of aliphatic hydroxyl groups is 2. The summed E-state index contributed by atoms with van der Waals surface area (Å²) in [4.78, 5) is 11.9. The number of rotatable bonds is 7. The van der Waals surface area contributed by atoms with Crippen LogP contribution in [0.5, 0.6) is 0 Å². The van der Waals surface area contributed by atoms with Gasteiger partial charge in [0, 0.05) is 12.6 Å². The van der Waals surface area contributed by atoms with Gasteiger partial charge in [0.05, 0.1) is 25.0 Å². The van der Waals surface area contributed by atoms with E-state index in [1.807, 2.05) is 6.92 Å². The van der Waals surface area contributed by atoms with E-state index in [1.165, 1.54) is 4.68 Å². The second-order valence-corrected chi connectivity index (χ2v) is 4.68. The van der Waals surface area contributed by atoms with E-state index in [2.05, 4.69) is 26.3 Å². The average molecular weight is 320 g/mol. The molecule has 0 saturated carbocycles. The van der Waals surface area contributed by atoms with E-state index < -0.39 is 0 Å². The molecule has 0 saturated heterocycles. The van der Waals surface area contributed by atoms with E-state index >= 15 is 0 Å². The summed E-state index contributed by atoms with van der Waals surface area (Å²) >= 11 is 3.23. The first kappa shape index (κ1) is 15.1. The van der Waals surface area contributed by atoms with Gasteiger partial charge in [0.15, 0.2) is 0 Å². The quantitative estimate of drug-likeness (QED) is 0.684. The van der Waals surface area contributed by atoms with Crippen LogP contribution in [0.3, 0.4) is 0 Å². The molecule has 7 heteroatoms. The lowest BCUT2D eigenvalue weighted by molar-refractivity contribution is 0.266. The first-order valence-corrected chi connectivity index (χ1v) is 6.67. The molecule has 0 aliphatic rings. The van der Waals surface area contributed by atoms with Crippen LogP contribution in [-0.2, 0) is 6.54 Å². The molecule has 1 rings (SSSR count). The second kappa shape index (κ2) is 7.50. The third-order valence-electron chi connectivity index (χ3n) is 2.63. The number of nitrogens with one attached hydrogen (secondary N) is 1. The summed E-state index contributed by atoms with van der Waals surface area (Å²) in [6.07, 6.45) is 3.00. The third kappa shape index (κ3) is 3.79. The predicted molar refractivity (Wildman–Crippen MR) is 72.7 cm³/mol. The Morgan fingerprint density at radius 3 is 2.78 bits per heavy atom. The average Bonchev–Trinajstić information content (AvgIpc) is 2.37. The lowest BCUT2D eigenvalue weighted by atomic mass is 10.1. The highest BCUT2D eigenvalue weighted by Crippen LogP contribution is 2.18. The zero-order valence-electron chi connectivity index (χ0n) is 10.3. The molecule has 0 bridgehead atoms. The van der Waals surface area contributed by atoms with E-state index in [-0.39, 0.29) is 31.4 Å². The fourth-order valence-electron chi connectivity index (χ4n) is 1.57. The molecule has 0 aromatic carbocycles. The summed E-state index contributed by atoms with van der Waals surface area (Å²) in [6, 6.07) is 0.0983. The Morgan fingerprint density at radius 1 is 1.50 bits per heavy atom. The minimum Gasteiger partial charge on any atom is -0.396 e. The molecule has 1 aromatic heterocycles. The number of aliphatic hydroxyl groups excluding tert-OH is 2. The van der Waals surface area contributed by atoms with Crippen molar-refractivity contribution in [2.75, 3.05) is 18.5 Å². The van der Waals surface area contributed by atoms with Crippen LogP contribution < -0.4 is 10.9 Å². The SMILES string of the molecule is CCC(CCO)Nc1cnn(CCO)c(=O)c1Br. The van der Waals surface area contributed by atoms with Gasteiger partial charge in [-0.2, -0.15) is 5.10 Å². The molecule has 3 N–H and O–H groups in total. The van der Waals surface area contributed by atoms with Crippen LogP contribution in [0.15, 0.2) is 15.5 Å². The van der Waals surface area contributed by atoms with Crippen molar-refractivity contribution in [3.05, 3.63) is 21.0 Å². The fourth-order valence-corrected chi connectivity index (χ4v) is 2.00. The number of aromatic nitrogens is 2. The second-order valence-electron chi connectivity index (χ2n) is 3.89. The van der Waals surface area contributed by atoms with Crippen LogP contribution in [0.1, 0.15) is 19.8 Å². The van der Waals surface area contributed by atoms with E-state index in [0.717, 1.165) is 6.42 Å². The van der Waals surface area contributed by atoms with Crippen LogP contribution in [0.25, 0.3) is 0 Å². The van der Waals surface area contributed by atoms with Crippen LogP contribution in [0.2, 0.25) is 0 Å². The van der Waals surface area contributed by atoms with Crippen LogP contribution in [-0.4, -0.2) is 39.2 Å². The molecule has 0 aliphatic heterocycles. The summed E-state index contributed by atoms with van der Waals surface area (Å²) in [5.41, 5.74) is 0.322. The summed E-state index contributed by atoms with van der Waals surface area (Å²) in [5, 5.41) is 24.9. The highest BCUT2D eigenvalue weighted by atomic mass is 79.9. The fraction of sp³-hybridized carbons (Fsp3) is 0.636. The molecule has 0 spiro atoms. The maximum absolute atomic E-state index is 11.9. The van der Waals surface area contributed by atoms with Crippen LogP contribution in [0, 0.1) is 0 Å². The van der Waals surface area contributed by atoms with Gasteiger partial charge < -0.3 is 15.5 Å². The zero-order valence-corrected chi connectivity index (χ0v) is 11.9. The maximum atomic E-state index is 11.9. The first-order chi connectivity index (χ1) is 8.63. The van der Waals surface area contributed by atoms with Crippen molar-refractivity contribution in [3.8, 4) is 0 Å². The van der Waals surface area contributed by atoms with Gasteiger partial charge in [-0.1, -0.05) is 6.92 Å². The van der Waals surface area contributed by atoms with Crippen molar-refractivity contribution < 1.29 is 10.2 Å². The molecule has 0 fully saturated rings. The van der Waals surface area contributed by atoms with Crippen LogP contribution in [0.4, 0.5) is 5.69 Å². The Balaban J connectivity index is 2.91. The summed E-state index contributed by atoms with van der Waals surface area (Å²) < 4.78 is 1.59. The van der Waals surface area contributed by atoms with E-state index in [9.17, 15) is 4.79 Å². The van der Waals surface area contributed by atoms with Crippen molar-refractivity contribution in [1.82, 2.24) is 9.78 Å². The molecule has 0 radical (unpaired) electrons. The number of anilines is 1. The van der Waals surface area contributed by atoms with Gasteiger partial charge in [0.25, 0.3) is 5.56 Å². The Labute approximate surface area is 114 Å². The van der Waals surface area contributed by atoms with Gasteiger partial charge in [-0.3, -0.25) is 4.79 Å². The minimum absolute atomic E-state index is 0.0954. The first-order valence-electron chi connectivity index (χ1n) is 5.87. The molecule has 102 valence electrons. The molecule has 1 unspecified atom stereocenters. The maximum Gasteiger partial charge on any atom is 0.283 e. The Bertz CT molecular complexity index is 436. The summed E-state index contributed by atoms with van der Waals surface area (Å²) in [7, 11) is 0. The van der Waals surface area contributed by atoms with Gasteiger partial charge in [0.1, 0.15) is 4.47 Å². The van der Waals surface area contributed by atoms with Crippen molar-refractivity contribution in [2.45, 2.75) is 32.4 Å². The zero-order chi connectivity index (χ0) is 13.5. The smallest absolute Gasteiger partial charge is 0.283 e. The van der Waals surface area contributed by atoms with E-state index in [1.54, 1.807) is 6.20 Å². The van der Waals surface area contributed by atoms with Gasteiger partial charge in [-0.15, -0.1) is 0 Å². The van der Waals surface area contributed by atoms with Crippen molar-refractivity contribution >= 4 is 21.6 Å². The molecule has 1 atom stereocenters. The van der Waals surface area contributed by atoms with E-state index in [0.29, 0.717) is 16.6 Å². The lowest BCUT2D eigenvalue weighted by Gasteiger charge is -2.18.